The zero-order valence-electron chi connectivity index (χ0n) is 13.7. The summed E-state index contributed by atoms with van der Waals surface area (Å²) in [5.41, 5.74) is 3.22. The van der Waals surface area contributed by atoms with Gasteiger partial charge in [-0.3, -0.25) is 0 Å². The predicted octanol–water partition coefficient (Wildman–Crippen LogP) is 5.52. The fourth-order valence-electron chi connectivity index (χ4n) is 2.47. The second kappa shape index (κ2) is 7.69. The number of nitrogens with zero attached hydrogens (tertiary/aromatic N) is 2. The third-order valence-electron chi connectivity index (χ3n) is 3.63. The Morgan fingerprint density at radius 1 is 1.04 bits per heavy atom. The molecule has 0 atom stereocenters. The van der Waals surface area contributed by atoms with Crippen molar-refractivity contribution in [2.75, 3.05) is 6.61 Å². The van der Waals surface area contributed by atoms with Gasteiger partial charge in [-0.15, -0.1) is 11.3 Å². The van der Waals surface area contributed by atoms with Gasteiger partial charge in [-0.25, -0.2) is 4.99 Å². The van der Waals surface area contributed by atoms with Crippen molar-refractivity contribution in [1.29, 1.82) is 0 Å². The normalized spacial score (nSPS) is 11.7. The summed E-state index contributed by atoms with van der Waals surface area (Å²) in [6, 6.07) is 15.8. The van der Waals surface area contributed by atoms with Gasteiger partial charge in [0.25, 0.3) is 0 Å². The molecular weight excluding hydrogens is 340 g/mol. The van der Waals surface area contributed by atoms with Crippen LogP contribution < -0.4 is 9.54 Å². The van der Waals surface area contributed by atoms with Crippen LogP contribution in [-0.2, 0) is 6.54 Å². The van der Waals surface area contributed by atoms with E-state index in [9.17, 15) is 0 Å². The van der Waals surface area contributed by atoms with Crippen LogP contribution in [0, 0.1) is 0 Å². The Hall–Kier alpha value is -2.04. The van der Waals surface area contributed by atoms with Crippen LogP contribution >= 0.6 is 22.9 Å². The van der Waals surface area contributed by atoms with Gasteiger partial charge in [0.05, 0.1) is 18.0 Å². The maximum atomic E-state index is 5.99. The molecule has 0 spiro atoms. The van der Waals surface area contributed by atoms with Crippen molar-refractivity contribution in [2.45, 2.75) is 20.4 Å². The average molecular weight is 359 g/mol. The van der Waals surface area contributed by atoms with Crippen LogP contribution in [-0.4, -0.2) is 11.2 Å². The van der Waals surface area contributed by atoms with Crippen molar-refractivity contribution < 1.29 is 4.74 Å². The number of aromatic nitrogens is 1. The monoisotopic (exact) mass is 358 g/mol. The zero-order valence-corrected chi connectivity index (χ0v) is 15.3. The predicted molar refractivity (Wildman–Crippen MR) is 101 cm³/mol. The van der Waals surface area contributed by atoms with Crippen molar-refractivity contribution >= 4 is 28.6 Å². The van der Waals surface area contributed by atoms with Crippen LogP contribution in [0.5, 0.6) is 5.75 Å². The Morgan fingerprint density at radius 2 is 1.75 bits per heavy atom. The summed E-state index contributed by atoms with van der Waals surface area (Å²) < 4.78 is 7.69. The smallest absolute Gasteiger partial charge is 0.190 e. The maximum absolute atomic E-state index is 5.99. The Kier molecular flexibility index (Phi) is 5.38. The van der Waals surface area contributed by atoms with Crippen molar-refractivity contribution in [3.63, 3.8) is 0 Å². The molecule has 0 aliphatic rings. The van der Waals surface area contributed by atoms with Gasteiger partial charge < -0.3 is 9.30 Å². The summed E-state index contributed by atoms with van der Waals surface area (Å²) in [5, 5.41) is 2.89. The minimum Gasteiger partial charge on any atom is -0.494 e. The summed E-state index contributed by atoms with van der Waals surface area (Å²) in [4.78, 5) is 5.76. The quantitative estimate of drug-likeness (QED) is 0.589. The molecule has 124 valence electrons. The number of hydrogen-bond acceptors (Lipinski definition) is 3. The van der Waals surface area contributed by atoms with Gasteiger partial charge in [-0.05, 0) is 55.8 Å². The second-order valence-corrected chi connectivity index (χ2v) is 6.47. The standard InChI is InChI=1S/C19H19ClN2OS/c1-3-22-18(14-5-7-15(20)8-6-14)13-24-19(22)21-16-9-11-17(12-10-16)23-4-2/h5-13H,3-4H2,1-2H3. The molecule has 0 bridgehead atoms. The van der Waals surface area contributed by atoms with Crippen molar-refractivity contribution in [2.24, 2.45) is 4.99 Å². The third-order valence-corrected chi connectivity index (χ3v) is 4.74. The van der Waals surface area contributed by atoms with Crippen molar-refractivity contribution in [3.8, 4) is 17.0 Å². The number of benzene rings is 2. The third kappa shape index (κ3) is 3.71. The van der Waals surface area contributed by atoms with Crippen molar-refractivity contribution in [1.82, 2.24) is 4.57 Å². The molecule has 5 heteroatoms. The van der Waals surface area contributed by atoms with Gasteiger partial charge in [-0.1, -0.05) is 23.7 Å². The molecule has 24 heavy (non-hydrogen) atoms. The van der Waals surface area contributed by atoms with E-state index < -0.39 is 0 Å². The first-order valence-electron chi connectivity index (χ1n) is 7.93. The van der Waals surface area contributed by atoms with E-state index in [4.69, 9.17) is 21.3 Å². The topological polar surface area (TPSA) is 26.5 Å². The first kappa shape index (κ1) is 16.8. The fraction of sp³-hybridized carbons (Fsp3) is 0.211. The van der Waals surface area contributed by atoms with E-state index >= 15 is 0 Å². The Balaban J connectivity index is 1.97. The maximum Gasteiger partial charge on any atom is 0.190 e. The van der Waals surface area contributed by atoms with Crippen molar-refractivity contribution in [3.05, 3.63) is 63.7 Å². The molecule has 3 rings (SSSR count). The highest BCUT2D eigenvalue weighted by molar-refractivity contribution is 7.07. The first-order valence-corrected chi connectivity index (χ1v) is 9.19. The van der Waals surface area contributed by atoms with Crippen LogP contribution in [0.3, 0.4) is 0 Å². The van der Waals surface area contributed by atoms with Crippen LogP contribution in [0.1, 0.15) is 13.8 Å². The highest BCUT2D eigenvalue weighted by Gasteiger charge is 2.06. The largest absolute Gasteiger partial charge is 0.494 e. The number of hydrogen-bond donors (Lipinski definition) is 0. The molecule has 1 heterocycles. The summed E-state index contributed by atoms with van der Waals surface area (Å²) in [6.07, 6.45) is 0. The van der Waals surface area contributed by atoms with E-state index in [1.165, 1.54) is 0 Å². The van der Waals surface area contributed by atoms with E-state index in [1.54, 1.807) is 11.3 Å². The van der Waals surface area contributed by atoms with E-state index in [-0.39, 0.29) is 0 Å². The second-order valence-electron chi connectivity index (χ2n) is 5.19. The molecule has 0 saturated heterocycles. The summed E-state index contributed by atoms with van der Waals surface area (Å²) >= 11 is 7.63. The molecule has 0 aliphatic carbocycles. The Morgan fingerprint density at radius 3 is 2.38 bits per heavy atom. The Labute approximate surface area is 150 Å². The van der Waals surface area contributed by atoms with E-state index in [0.717, 1.165) is 39.1 Å². The van der Waals surface area contributed by atoms with Gasteiger partial charge >= 0.3 is 0 Å². The average Bonchev–Trinajstić information content (AvgIpc) is 3.00. The van der Waals surface area contributed by atoms with Crippen LogP contribution in [0.4, 0.5) is 5.69 Å². The number of rotatable bonds is 5. The van der Waals surface area contributed by atoms with Crippen LogP contribution in [0.2, 0.25) is 5.02 Å². The number of thiazole rings is 1. The van der Waals surface area contributed by atoms with Gasteiger partial charge in [0.2, 0.25) is 0 Å². The molecule has 3 aromatic rings. The highest BCUT2D eigenvalue weighted by atomic mass is 35.5. The van der Waals surface area contributed by atoms with E-state index in [0.29, 0.717) is 6.61 Å². The van der Waals surface area contributed by atoms with Gasteiger partial charge in [0, 0.05) is 16.9 Å². The van der Waals surface area contributed by atoms with Crippen LogP contribution in [0.15, 0.2) is 58.9 Å². The lowest BCUT2D eigenvalue weighted by molar-refractivity contribution is 0.340. The zero-order chi connectivity index (χ0) is 16.9. The number of ether oxygens (including phenoxy) is 1. The molecule has 2 aromatic carbocycles. The molecule has 1 aromatic heterocycles. The first-order chi connectivity index (χ1) is 11.7. The lowest BCUT2D eigenvalue weighted by Crippen LogP contribution is -2.14. The van der Waals surface area contributed by atoms with Crippen LogP contribution in [0.25, 0.3) is 11.3 Å². The van der Waals surface area contributed by atoms with Gasteiger partial charge in [0.15, 0.2) is 4.80 Å². The fourth-order valence-corrected chi connectivity index (χ4v) is 3.59. The molecule has 0 saturated carbocycles. The molecule has 0 radical (unpaired) electrons. The molecule has 0 fully saturated rings. The molecule has 0 aliphatic heterocycles. The summed E-state index contributed by atoms with van der Waals surface area (Å²) in [5.74, 6) is 0.868. The molecule has 0 unspecified atom stereocenters. The highest BCUT2D eigenvalue weighted by Crippen LogP contribution is 2.23. The Bertz CT molecular complexity index is 864. The lowest BCUT2D eigenvalue weighted by atomic mass is 10.2. The molecular formula is C19H19ClN2OS. The van der Waals surface area contributed by atoms with Gasteiger partial charge in [-0.2, -0.15) is 0 Å². The van der Waals surface area contributed by atoms with Gasteiger partial charge in [0.1, 0.15) is 5.75 Å². The summed E-state index contributed by atoms with van der Waals surface area (Å²) in [7, 11) is 0. The minimum atomic E-state index is 0.668. The molecule has 3 nitrogen and oxygen atoms in total. The number of halogens is 1. The van der Waals surface area contributed by atoms with E-state index in [1.807, 2.05) is 55.5 Å². The molecule has 0 N–H and O–H groups in total. The molecule has 0 amide bonds. The summed E-state index contributed by atoms with van der Waals surface area (Å²) in [6.45, 7) is 5.63. The lowest BCUT2D eigenvalue weighted by Gasteiger charge is -2.06. The van der Waals surface area contributed by atoms with E-state index in [2.05, 4.69) is 16.9 Å². The SMILES string of the molecule is CCOc1ccc(N=c2scc(-c3ccc(Cl)cc3)n2CC)cc1. The minimum absolute atomic E-state index is 0.668.